The van der Waals surface area contributed by atoms with Gasteiger partial charge in [0.15, 0.2) is 5.78 Å². The molecule has 0 bridgehead atoms. The summed E-state index contributed by atoms with van der Waals surface area (Å²) in [5.74, 6) is 0.0821. The smallest absolute Gasteiger partial charge is 0.319 e. The van der Waals surface area contributed by atoms with Gasteiger partial charge in [0.2, 0.25) is 0 Å². The van der Waals surface area contributed by atoms with Gasteiger partial charge in [-0.05, 0) is 24.5 Å². The van der Waals surface area contributed by atoms with Crippen LogP contribution in [-0.4, -0.2) is 11.8 Å². The number of carbonyl (C=O) groups excluding carboxylic acids is 2. The summed E-state index contributed by atoms with van der Waals surface area (Å²) in [6.45, 7) is 0. The molecule has 0 aromatic heterocycles. The maximum atomic E-state index is 12.1. The van der Waals surface area contributed by atoms with Gasteiger partial charge in [0, 0.05) is 22.7 Å². The van der Waals surface area contributed by atoms with Crippen molar-refractivity contribution in [3.05, 3.63) is 46.1 Å². The minimum atomic E-state index is -0.440. The minimum absolute atomic E-state index is 0.0821. The molecule has 0 saturated carbocycles. The van der Waals surface area contributed by atoms with Gasteiger partial charge in [-0.15, -0.1) is 0 Å². The van der Waals surface area contributed by atoms with Gasteiger partial charge in [0.05, 0.1) is 6.04 Å². The van der Waals surface area contributed by atoms with Crippen molar-refractivity contribution in [3.63, 3.8) is 0 Å². The van der Waals surface area contributed by atoms with Crippen molar-refractivity contribution in [3.8, 4) is 0 Å². The summed E-state index contributed by atoms with van der Waals surface area (Å²) in [6.07, 6.45) is 2.04. The zero-order chi connectivity index (χ0) is 13.4. The van der Waals surface area contributed by atoms with Gasteiger partial charge in [-0.25, -0.2) is 4.79 Å². The highest BCUT2D eigenvalue weighted by Gasteiger charge is 2.34. The first-order chi connectivity index (χ1) is 9.16. The Labute approximate surface area is 115 Å². The fourth-order valence-electron chi connectivity index (χ4n) is 2.65. The first kappa shape index (κ1) is 12.2. The molecule has 0 fully saturated rings. The second-order valence-corrected chi connectivity index (χ2v) is 5.13. The average Bonchev–Trinajstić information content (AvgIpc) is 2.38. The molecule has 2 amide bonds. The molecule has 2 aliphatic rings. The molecule has 1 atom stereocenters. The largest absolute Gasteiger partial charge is 0.327 e. The number of benzene rings is 1. The Bertz CT molecular complexity index is 595. The molecule has 1 heterocycles. The maximum absolute atomic E-state index is 12.1. The molecule has 3 rings (SSSR count). The zero-order valence-corrected chi connectivity index (χ0v) is 11.0. The Morgan fingerprint density at radius 1 is 1.16 bits per heavy atom. The van der Waals surface area contributed by atoms with Crippen molar-refractivity contribution in [2.45, 2.75) is 25.3 Å². The van der Waals surface area contributed by atoms with Crippen molar-refractivity contribution in [1.29, 1.82) is 0 Å². The Morgan fingerprint density at radius 2 is 1.95 bits per heavy atom. The highest BCUT2D eigenvalue weighted by Crippen LogP contribution is 2.35. The van der Waals surface area contributed by atoms with E-state index in [0.29, 0.717) is 17.0 Å². The van der Waals surface area contributed by atoms with Gasteiger partial charge in [-0.3, -0.25) is 4.79 Å². The molecule has 19 heavy (non-hydrogen) atoms. The SMILES string of the molecule is O=C1NC2=C(C(=O)CCC2)[C@@H](c2ccccc2Cl)N1. The number of urea groups is 1. The second-order valence-electron chi connectivity index (χ2n) is 4.72. The van der Waals surface area contributed by atoms with Crippen LogP contribution in [-0.2, 0) is 4.79 Å². The van der Waals surface area contributed by atoms with E-state index < -0.39 is 6.04 Å². The average molecular weight is 277 g/mol. The van der Waals surface area contributed by atoms with E-state index in [0.717, 1.165) is 24.1 Å². The number of halogens is 1. The van der Waals surface area contributed by atoms with Gasteiger partial charge in [-0.1, -0.05) is 29.8 Å². The van der Waals surface area contributed by atoms with Gasteiger partial charge in [-0.2, -0.15) is 0 Å². The van der Waals surface area contributed by atoms with Crippen molar-refractivity contribution < 1.29 is 9.59 Å². The van der Waals surface area contributed by atoms with Gasteiger partial charge in [0.25, 0.3) is 0 Å². The number of amides is 2. The third kappa shape index (κ3) is 2.12. The van der Waals surface area contributed by atoms with Crippen molar-refractivity contribution in [2.24, 2.45) is 0 Å². The van der Waals surface area contributed by atoms with E-state index in [1.54, 1.807) is 6.07 Å². The van der Waals surface area contributed by atoms with Crippen LogP contribution in [0.1, 0.15) is 30.9 Å². The number of rotatable bonds is 1. The molecule has 0 unspecified atom stereocenters. The fourth-order valence-corrected chi connectivity index (χ4v) is 2.89. The van der Waals surface area contributed by atoms with Gasteiger partial charge in [0.1, 0.15) is 0 Å². The predicted octanol–water partition coefficient (Wildman–Crippen LogP) is 2.70. The Hall–Kier alpha value is -1.81. The van der Waals surface area contributed by atoms with Gasteiger partial charge >= 0.3 is 6.03 Å². The molecule has 0 spiro atoms. The van der Waals surface area contributed by atoms with Crippen molar-refractivity contribution >= 4 is 23.4 Å². The number of hydrogen-bond donors (Lipinski definition) is 2. The Kier molecular flexibility index (Phi) is 3.03. The second kappa shape index (κ2) is 4.70. The summed E-state index contributed by atoms with van der Waals surface area (Å²) in [6, 6.07) is 6.56. The molecule has 0 radical (unpaired) electrons. The first-order valence-electron chi connectivity index (χ1n) is 6.25. The molecular weight excluding hydrogens is 264 g/mol. The van der Waals surface area contributed by atoms with Crippen LogP contribution in [0.5, 0.6) is 0 Å². The standard InChI is InChI=1S/C14H13ClN2O2/c15-9-5-2-1-4-8(9)13-12-10(16-14(19)17-13)6-3-7-11(12)18/h1-2,4-5,13H,3,6-7H2,(H2,16,17,19)/t13-/m1/s1. The van der Waals surface area contributed by atoms with Crippen LogP contribution < -0.4 is 10.6 Å². The van der Waals surface area contributed by atoms with E-state index in [9.17, 15) is 9.59 Å². The van der Waals surface area contributed by atoms with Crippen LogP contribution in [0.25, 0.3) is 0 Å². The number of allylic oxidation sites excluding steroid dienone is 1. The molecule has 5 heteroatoms. The van der Waals surface area contributed by atoms with Crippen LogP contribution >= 0.6 is 11.6 Å². The fraction of sp³-hybridized carbons (Fsp3) is 0.286. The van der Waals surface area contributed by atoms with Crippen LogP contribution in [0.2, 0.25) is 5.02 Å². The maximum Gasteiger partial charge on any atom is 0.319 e. The van der Waals surface area contributed by atoms with E-state index in [-0.39, 0.29) is 11.8 Å². The van der Waals surface area contributed by atoms with Gasteiger partial charge < -0.3 is 10.6 Å². The molecular formula is C14H13ClN2O2. The number of carbonyl (C=O) groups is 2. The number of nitrogens with one attached hydrogen (secondary N) is 2. The topological polar surface area (TPSA) is 58.2 Å². The quantitative estimate of drug-likeness (QED) is 0.828. The van der Waals surface area contributed by atoms with E-state index in [2.05, 4.69) is 10.6 Å². The van der Waals surface area contributed by atoms with E-state index in [4.69, 9.17) is 11.6 Å². The molecule has 1 aliphatic heterocycles. The highest BCUT2D eigenvalue weighted by molar-refractivity contribution is 6.31. The minimum Gasteiger partial charge on any atom is -0.327 e. The monoisotopic (exact) mass is 276 g/mol. The molecule has 1 aromatic rings. The lowest BCUT2D eigenvalue weighted by Crippen LogP contribution is -2.46. The lowest BCUT2D eigenvalue weighted by atomic mass is 9.85. The highest BCUT2D eigenvalue weighted by atomic mass is 35.5. The lowest BCUT2D eigenvalue weighted by Gasteiger charge is -2.32. The number of Topliss-reactive ketones (excluding diaryl/α,β-unsaturated/α-hetero) is 1. The Morgan fingerprint density at radius 3 is 2.74 bits per heavy atom. The summed E-state index contributed by atoms with van der Waals surface area (Å²) >= 11 is 6.18. The van der Waals surface area contributed by atoms with Crippen molar-refractivity contribution in [2.75, 3.05) is 0 Å². The van der Waals surface area contributed by atoms with Crippen LogP contribution in [0.4, 0.5) is 4.79 Å². The van der Waals surface area contributed by atoms with Crippen LogP contribution in [0, 0.1) is 0 Å². The summed E-state index contributed by atoms with van der Waals surface area (Å²) in [5.41, 5.74) is 2.16. The summed E-state index contributed by atoms with van der Waals surface area (Å²) < 4.78 is 0. The molecule has 4 nitrogen and oxygen atoms in total. The van der Waals surface area contributed by atoms with Crippen molar-refractivity contribution in [1.82, 2.24) is 10.6 Å². The molecule has 1 aliphatic carbocycles. The third-order valence-corrected chi connectivity index (χ3v) is 3.85. The summed E-state index contributed by atoms with van der Waals surface area (Å²) in [7, 11) is 0. The predicted molar refractivity (Wildman–Crippen MR) is 71.7 cm³/mol. The van der Waals surface area contributed by atoms with Crippen LogP contribution in [0.15, 0.2) is 35.5 Å². The Balaban J connectivity index is 2.11. The molecule has 0 saturated heterocycles. The van der Waals surface area contributed by atoms with E-state index in [1.165, 1.54) is 0 Å². The van der Waals surface area contributed by atoms with E-state index in [1.807, 2.05) is 18.2 Å². The summed E-state index contributed by atoms with van der Waals surface area (Å²) in [5, 5.41) is 6.08. The van der Waals surface area contributed by atoms with E-state index >= 15 is 0 Å². The number of hydrogen-bond acceptors (Lipinski definition) is 2. The lowest BCUT2D eigenvalue weighted by molar-refractivity contribution is -0.116. The van der Waals surface area contributed by atoms with Crippen LogP contribution in [0.3, 0.4) is 0 Å². The molecule has 98 valence electrons. The first-order valence-corrected chi connectivity index (χ1v) is 6.63. The normalized spacial score (nSPS) is 22.7. The molecule has 2 N–H and O–H groups in total. The zero-order valence-electron chi connectivity index (χ0n) is 10.2. The summed E-state index contributed by atoms with van der Waals surface area (Å²) in [4.78, 5) is 23.8. The molecule has 1 aromatic carbocycles. The number of ketones is 1. The third-order valence-electron chi connectivity index (χ3n) is 3.50.